The van der Waals surface area contributed by atoms with Gasteiger partial charge in [-0.2, -0.15) is 0 Å². The van der Waals surface area contributed by atoms with Crippen molar-refractivity contribution >= 4 is 75.7 Å². The summed E-state index contributed by atoms with van der Waals surface area (Å²) in [5, 5.41) is 7.62. The van der Waals surface area contributed by atoms with Gasteiger partial charge in [0.1, 0.15) is 0 Å². The van der Waals surface area contributed by atoms with E-state index in [0.29, 0.717) is 5.92 Å². The van der Waals surface area contributed by atoms with Crippen molar-refractivity contribution in [2.75, 3.05) is 4.90 Å². The van der Waals surface area contributed by atoms with Gasteiger partial charge in [-0.25, -0.2) is 4.98 Å². The predicted octanol–water partition coefficient (Wildman–Crippen LogP) is 17.6. The molecule has 0 aliphatic heterocycles. The van der Waals surface area contributed by atoms with Gasteiger partial charge in [-0.05, 0) is 142 Å². The molecule has 0 bridgehead atoms. The highest BCUT2D eigenvalue weighted by atomic mass is 32.1. The number of allylic oxidation sites excluding steroid dienone is 4. The summed E-state index contributed by atoms with van der Waals surface area (Å²) < 4.78 is 2.57. The Morgan fingerprint density at radius 1 is 0.571 bits per heavy atom. The second-order valence-electron chi connectivity index (χ2n) is 17.3. The molecule has 1 aliphatic carbocycles. The van der Waals surface area contributed by atoms with E-state index in [0.717, 1.165) is 46.7 Å². The zero-order chi connectivity index (χ0) is 42.6. The predicted molar refractivity (Wildman–Crippen MR) is 273 cm³/mol. The molecule has 2 nitrogen and oxygen atoms in total. The van der Waals surface area contributed by atoms with Crippen molar-refractivity contribution < 1.29 is 0 Å². The zero-order valence-electron chi connectivity index (χ0n) is 36.2. The molecule has 3 heteroatoms. The number of aromatic nitrogens is 1. The number of anilines is 3. The highest BCUT2D eigenvalue weighted by Crippen LogP contribution is 2.48. The molecule has 0 N–H and O–H groups in total. The van der Waals surface area contributed by atoms with Crippen molar-refractivity contribution in [3.05, 3.63) is 210 Å². The fraction of sp³-hybridized carbons (Fsp3) is 0.117. The Hall–Kier alpha value is -7.07. The molecule has 0 radical (unpaired) electrons. The lowest BCUT2D eigenvalue weighted by Gasteiger charge is -2.27. The van der Waals surface area contributed by atoms with Crippen LogP contribution in [0.2, 0.25) is 0 Å². The average Bonchev–Trinajstić information content (AvgIpc) is 3.72. The quantitative estimate of drug-likeness (QED) is 0.142. The number of aryl methyl sites for hydroxylation is 1. The van der Waals surface area contributed by atoms with Crippen molar-refractivity contribution in [1.29, 1.82) is 0 Å². The van der Waals surface area contributed by atoms with Crippen LogP contribution >= 0.6 is 11.3 Å². The topological polar surface area (TPSA) is 16.1 Å². The smallest absolute Gasteiger partial charge is 0.0709 e. The minimum atomic E-state index is 0.488. The molecule has 0 saturated heterocycles. The number of nitrogens with zero attached hydrogens (tertiary/aromatic N) is 2. The van der Waals surface area contributed by atoms with Gasteiger partial charge in [-0.15, -0.1) is 11.3 Å². The maximum absolute atomic E-state index is 5.11. The number of hydrogen-bond donors (Lipinski definition) is 0. The molecular formula is C60H48N2S. The second kappa shape index (κ2) is 16.0. The van der Waals surface area contributed by atoms with Crippen LogP contribution in [0.1, 0.15) is 43.4 Å². The van der Waals surface area contributed by atoms with Gasteiger partial charge in [-0.3, -0.25) is 0 Å². The monoisotopic (exact) mass is 828 g/mol. The first-order valence-electron chi connectivity index (χ1n) is 22.2. The van der Waals surface area contributed by atoms with E-state index in [1.165, 1.54) is 80.8 Å². The molecule has 0 spiro atoms. The number of benzene rings is 8. The lowest BCUT2D eigenvalue weighted by molar-refractivity contribution is 0.714. The maximum atomic E-state index is 5.11. The van der Waals surface area contributed by atoms with Crippen LogP contribution in [0.5, 0.6) is 0 Å². The van der Waals surface area contributed by atoms with E-state index in [4.69, 9.17) is 4.98 Å². The molecule has 63 heavy (non-hydrogen) atoms. The first kappa shape index (κ1) is 38.8. The highest BCUT2D eigenvalue weighted by molar-refractivity contribution is 7.26. The molecule has 1 aliphatic rings. The molecule has 304 valence electrons. The molecule has 0 atom stereocenters. The summed E-state index contributed by atoms with van der Waals surface area (Å²) in [4.78, 5) is 7.58. The molecular weight excluding hydrogens is 781 g/mol. The fourth-order valence-electron chi connectivity index (χ4n) is 9.94. The van der Waals surface area contributed by atoms with Crippen molar-refractivity contribution in [2.24, 2.45) is 5.92 Å². The Labute approximate surface area is 374 Å². The van der Waals surface area contributed by atoms with Crippen LogP contribution in [0.3, 0.4) is 0 Å². The molecule has 10 aromatic rings. The molecule has 0 amide bonds. The first-order valence-corrected chi connectivity index (χ1v) is 23.0. The van der Waals surface area contributed by atoms with Crippen molar-refractivity contribution in [3.63, 3.8) is 0 Å². The molecule has 0 saturated carbocycles. The number of rotatable bonds is 8. The first-order chi connectivity index (χ1) is 30.9. The van der Waals surface area contributed by atoms with Gasteiger partial charge < -0.3 is 4.90 Å². The van der Waals surface area contributed by atoms with Crippen LogP contribution in [0.25, 0.3) is 80.9 Å². The zero-order valence-corrected chi connectivity index (χ0v) is 37.0. The summed E-state index contributed by atoms with van der Waals surface area (Å²) in [7, 11) is 0. The van der Waals surface area contributed by atoms with Crippen molar-refractivity contribution in [2.45, 2.75) is 40.5 Å². The highest BCUT2D eigenvalue weighted by Gasteiger charge is 2.23. The maximum Gasteiger partial charge on any atom is 0.0709 e. The Morgan fingerprint density at radius 2 is 1.25 bits per heavy atom. The Morgan fingerprint density at radius 3 is 2.06 bits per heavy atom. The molecule has 0 fully saturated rings. The third-order valence-electron chi connectivity index (χ3n) is 13.1. The van der Waals surface area contributed by atoms with E-state index in [9.17, 15) is 0 Å². The molecule has 8 aromatic carbocycles. The minimum Gasteiger partial charge on any atom is -0.309 e. The van der Waals surface area contributed by atoms with Crippen LogP contribution in [0.4, 0.5) is 17.1 Å². The van der Waals surface area contributed by atoms with E-state index in [1.54, 1.807) is 5.57 Å². The van der Waals surface area contributed by atoms with Gasteiger partial charge in [-0.1, -0.05) is 153 Å². The van der Waals surface area contributed by atoms with Crippen molar-refractivity contribution in [3.8, 4) is 33.6 Å². The fourth-order valence-corrected chi connectivity index (χ4v) is 11.2. The minimum absolute atomic E-state index is 0.488. The molecule has 0 unspecified atom stereocenters. The molecule has 11 rings (SSSR count). The number of thiophene rings is 1. The average molecular weight is 829 g/mol. The van der Waals surface area contributed by atoms with Gasteiger partial charge in [0.25, 0.3) is 0 Å². The standard InChI is InChI=1S/C60H48N2S/c1-38(2)47-19-10-11-21-49(47)52-36-44-29-28-41-30-35-46(37-53(41)59(44)58(40(52)4)48-20-9-8-16-39(48)3)62(56-26-14-23-51-50-22-12-13-27-57(50)63-60(51)56)45-33-31-43(32-34-45)55-25-15-24-54(61-55)42-17-6-5-7-18-42/h5-9,11-18,20-38H,10,19H2,1-4H3. The third-order valence-corrected chi connectivity index (χ3v) is 14.3. The molecule has 2 aromatic heterocycles. The van der Waals surface area contributed by atoms with Gasteiger partial charge in [0, 0.05) is 38.0 Å². The van der Waals surface area contributed by atoms with Crippen molar-refractivity contribution in [1.82, 2.24) is 4.98 Å². The molecule has 2 heterocycles. The summed E-state index contributed by atoms with van der Waals surface area (Å²) in [5.74, 6) is 0.488. The second-order valence-corrected chi connectivity index (χ2v) is 18.3. The summed E-state index contributed by atoms with van der Waals surface area (Å²) in [6, 6.07) is 64.4. The van der Waals surface area contributed by atoms with E-state index >= 15 is 0 Å². The van der Waals surface area contributed by atoms with Crippen LogP contribution in [0, 0.1) is 19.8 Å². The lowest BCUT2D eigenvalue weighted by Crippen LogP contribution is -2.10. The number of fused-ring (bicyclic) bond motifs is 6. The van der Waals surface area contributed by atoms with Gasteiger partial charge in [0.05, 0.1) is 21.8 Å². The van der Waals surface area contributed by atoms with Gasteiger partial charge in [0.2, 0.25) is 0 Å². The van der Waals surface area contributed by atoms with Crippen LogP contribution in [0.15, 0.2) is 194 Å². The Bertz CT molecular complexity index is 3440. The van der Waals surface area contributed by atoms with E-state index < -0.39 is 0 Å². The van der Waals surface area contributed by atoms with E-state index in [2.05, 4.69) is 215 Å². The van der Waals surface area contributed by atoms with Crippen LogP contribution in [-0.2, 0) is 0 Å². The van der Waals surface area contributed by atoms with Crippen LogP contribution < -0.4 is 4.90 Å². The third kappa shape index (κ3) is 6.85. The SMILES string of the molecule is Cc1ccccc1-c1c(C)c(C2=C(C(C)C)CCC=C2)cc2ccc3ccc(N(c4ccc(-c5cccc(-c6ccccc6)n5)cc4)c4cccc5c4sc4ccccc45)cc3c12. The largest absolute Gasteiger partial charge is 0.309 e. The normalized spacial score (nSPS) is 13.0. The summed E-state index contributed by atoms with van der Waals surface area (Å²) in [6.45, 7) is 9.31. The van der Waals surface area contributed by atoms with Gasteiger partial charge >= 0.3 is 0 Å². The summed E-state index contributed by atoms with van der Waals surface area (Å²) in [6.07, 6.45) is 6.97. The summed E-state index contributed by atoms with van der Waals surface area (Å²) >= 11 is 1.87. The van der Waals surface area contributed by atoms with E-state index in [1.807, 2.05) is 17.4 Å². The number of pyridine rings is 1. The number of hydrogen-bond acceptors (Lipinski definition) is 3. The van der Waals surface area contributed by atoms with Gasteiger partial charge in [0.15, 0.2) is 0 Å². The lowest BCUT2D eigenvalue weighted by atomic mass is 9.80. The Kier molecular flexibility index (Phi) is 9.86. The van der Waals surface area contributed by atoms with Crippen LogP contribution in [-0.4, -0.2) is 4.98 Å². The Balaban J connectivity index is 1.14. The van der Waals surface area contributed by atoms with E-state index in [-0.39, 0.29) is 0 Å². The summed E-state index contributed by atoms with van der Waals surface area (Å²) in [5.41, 5.74) is 17.0.